The first kappa shape index (κ1) is 11.0. The van der Waals surface area contributed by atoms with Gasteiger partial charge in [-0.05, 0) is 13.0 Å². The lowest BCUT2D eigenvalue weighted by Crippen LogP contribution is -2.04. The van der Waals surface area contributed by atoms with Gasteiger partial charge in [-0.2, -0.15) is 0 Å². The molecule has 0 amide bonds. The van der Waals surface area contributed by atoms with Crippen LogP contribution in [0, 0.1) is 0 Å². The Morgan fingerprint density at radius 2 is 1.67 bits per heavy atom. The second kappa shape index (κ2) is 4.00. The third kappa shape index (κ3) is 2.07. The summed E-state index contributed by atoms with van der Waals surface area (Å²) in [6.45, 7) is 1.24. The summed E-state index contributed by atoms with van der Waals surface area (Å²) in [4.78, 5) is 22.2. The summed E-state index contributed by atoms with van der Waals surface area (Å²) in [5.74, 6) is -1.97. The van der Waals surface area contributed by atoms with Crippen LogP contribution in [0.5, 0.6) is 11.5 Å². The maximum Gasteiger partial charge on any atom is 0.341 e. The predicted octanol–water partition coefficient (Wildman–Crippen LogP) is 1.09. The van der Waals surface area contributed by atoms with Crippen LogP contribution >= 0.6 is 0 Å². The molecule has 0 aliphatic heterocycles. The number of esters is 1. The van der Waals surface area contributed by atoms with Crippen LogP contribution in [0.4, 0.5) is 0 Å². The Labute approximate surface area is 85.9 Å². The highest BCUT2D eigenvalue weighted by atomic mass is 16.5. The van der Waals surface area contributed by atoms with E-state index in [0.29, 0.717) is 0 Å². The van der Waals surface area contributed by atoms with E-state index in [9.17, 15) is 19.8 Å². The highest BCUT2D eigenvalue weighted by Gasteiger charge is 2.17. The lowest BCUT2D eigenvalue weighted by atomic mass is 10.1. The number of carbonyl (C=O) groups excluding carboxylic acids is 2. The number of hydrogen-bond donors (Lipinski definition) is 2. The molecule has 1 aromatic rings. The average Bonchev–Trinajstić information content (AvgIpc) is 2.16. The molecular weight excluding hydrogens is 200 g/mol. The first-order valence-electron chi connectivity index (χ1n) is 4.12. The smallest absolute Gasteiger partial charge is 0.341 e. The number of hydrogen-bond acceptors (Lipinski definition) is 5. The van der Waals surface area contributed by atoms with Crippen LogP contribution in [-0.4, -0.2) is 29.1 Å². The molecule has 1 rings (SSSR count). The van der Waals surface area contributed by atoms with Gasteiger partial charge in [0.05, 0.1) is 12.7 Å². The van der Waals surface area contributed by atoms with Crippen LogP contribution in [0.25, 0.3) is 0 Å². The van der Waals surface area contributed by atoms with Crippen molar-refractivity contribution in [3.05, 3.63) is 23.3 Å². The van der Waals surface area contributed by atoms with Crippen LogP contribution in [0.3, 0.4) is 0 Å². The Hall–Kier alpha value is -2.04. The Balaban J connectivity index is 3.36. The van der Waals surface area contributed by atoms with Gasteiger partial charge in [-0.25, -0.2) is 4.79 Å². The van der Waals surface area contributed by atoms with Gasteiger partial charge in [-0.15, -0.1) is 0 Å². The highest BCUT2D eigenvalue weighted by molar-refractivity contribution is 6.01. The third-order valence-electron chi connectivity index (χ3n) is 1.90. The maximum atomic E-state index is 11.1. The molecule has 0 aromatic heterocycles. The summed E-state index contributed by atoms with van der Waals surface area (Å²) in [5, 5.41) is 18.6. The summed E-state index contributed by atoms with van der Waals surface area (Å²) in [7, 11) is 1.15. The predicted molar refractivity (Wildman–Crippen MR) is 51.1 cm³/mol. The number of aromatic hydroxyl groups is 2. The zero-order valence-corrected chi connectivity index (χ0v) is 8.27. The lowest BCUT2D eigenvalue weighted by Gasteiger charge is -2.06. The molecule has 0 saturated carbocycles. The molecule has 0 atom stereocenters. The molecule has 5 heteroatoms. The van der Waals surface area contributed by atoms with E-state index < -0.39 is 17.5 Å². The second-order valence-corrected chi connectivity index (χ2v) is 2.93. The van der Waals surface area contributed by atoms with Gasteiger partial charge in [-0.3, -0.25) is 4.79 Å². The fourth-order valence-corrected chi connectivity index (χ4v) is 1.13. The summed E-state index contributed by atoms with van der Waals surface area (Å²) in [5.41, 5.74) is -0.186. The van der Waals surface area contributed by atoms with E-state index in [1.54, 1.807) is 0 Å². The number of Topliss-reactive ketones (excluding diaryl/α,β-unsaturated/α-hetero) is 1. The van der Waals surface area contributed by atoms with Gasteiger partial charge in [-0.1, -0.05) is 0 Å². The normalized spacial score (nSPS) is 9.73. The van der Waals surface area contributed by atoms with Crippen LogP contribution in [0.1, 0.15) is 27.6 Å². The van der Waals surface area contributed by atoms with Crippen LogP contribution in [0.2, 0.25) is 0 Å². The van der Waals surface area contributed by atoms with Crippen molar-refractivity contribution in [2.45, 2.75) is 6.92 Å². The Morgan fingerprint density at radius 1 is 1.13 bits per heavy atom. The fraction of sp³-hybridized carbons (Fsp3) is 0.200. The monoisotopic (exact) mass is 210 g/mol. The maximum absolute atomic E-state index is 11.1. The lowest BCUT2D eigenvalue weighted by molar-refractivity contribution is 0.0597. The molecule has 0 fully saturated rings. The van der Waals surface area contributed by atoms with E-state index in [1.807, 2.05) is 0 Å². The molecule has 15 heavy (non-hydrogen) atoms. The van der Waals surface area contributed by atoms with Crippen molar-refractivity contribution in [1.82, 2.24) is 0 Å². The minimum Gasteiger partial charge on any atom is -0.507 e. The van der Waals surface area contributed by atoms with Gasteiger partial charge in [0.1, 0.15) is 17.1 Å². The topological polar surface area (TPSA) is 83.8 Å². The number of phenolic OH excluding ortho intramolecular Hbond substituents is 2. The quantitative estimate of drug-likeness (QED) is 0.563. The molecule has 80 valence electrons. The zero-order valence-electron chi connectivity index (χ0n) is 8.27. The molecule has 0 saturated heterocycles. The number of benzene rings is 1. The number of rotatable bonds is 2. The summed E-state index contributed by atoms with van der Waals surface area (Å²) in [6.07, 6.45) is 0. The Morgan fingerprint density at radius 3 is 2.13 bits per heavy atom. The fourth-order valence-electron chi connectivity index (χ4n) is 1.13. The van der Waals surface area contributed by atoms with Crippen molar-refractivity contribution in [3.63, 3.8) is 0 Å². The van der Waals surface area contributed by atoms with Crippen molar-refractivity contribution >= 4 is 11.8 Å². The van der Waals surface area contributed by atoms with E-state index in [1.165, 1.54) is 6.92 Å². The molecular formula is C10H10O5. The van der Waals surface area contributed by atoms with E-state index in [2.05, 4.69) is 4.74 Å². The van der Waals surface area contributed by atoms with Crippen LogP contribution in [-0.2, 0) is 4.74 Å². The minimum absolute atomic E-state index is 0.0341. The largest absolute Gasteiger partial charge is 0.507 e. The van der Waals surface area contributed by atoms with Crippen molar-refractivity contribution in [3.8, 4) is 11.5 Å². The molecule has 0 heterocycles. The van der Waals surface area contributed by atoms with Crippen molar-refractivity contribution in [1.29, 1.82) is 0 Å². The molecule has 1 aromatic carbocycles. The third-order valence-corrected chi connectivity index (χ3v) is 1.90. The Bertz CT molecular complexity index is 422. The Kier molecular flexibility index (Phi) is 2.94. The first-order chi connectivity index (χ1) is 6.97. The number of methoxy groups -OCH3 is 1. The molecule has 0 aliphatic carbocycles. The van der Waals surface area contributed by atoms with Gasteiger partial charge < -0.3 is 14.9 Å². The molecule has 5 nitrogen and oxygen atoms in total. The zero-order chi connectivity index (χ0) is 11.6. The highest BCUT2D eigenvalue weighted by Crippen LogP contribution is 2.28. The van der Waals surface area contributed by atoms with Gasteiger partial charge in [0.25, 0.3) is 0 Å². The van der Waals surface area contributed by atoms with Gasteiger partial charge in [0.15, 0.2) is 5.78 Å². The summed E-state index contributed by atoms with van der Waals surface area (Å²) < 4.78 is 4.40. The van der Waals surface area contributed by atoms with Crippen molar-refractivity contribution in [2.24, 2.45) is 0 Å². The molecule has 0 bridgehead atoms. The minimum atomic E-state index is -0.769. The van der Waals surface area contributed by atoms with E-state index in [-0.39, 0.29) is 16.9 Å². The number of ketones is 1. The first-order valence-corrected chi connectivity index (χ1v) is 4.12. The van der Waals surface area contributed by atoms with E-state index in [0.717, 1.165) is 19.2 Å². The number of ether oxygens (including phenoxy) is 1. The number of carbonyl (C=O) groups is 2. The van der Waals surface area contributed by atoms with Gasteiger partial charge >= 0.3 is 5.97 Å². The molecule has 2 N–H and O–H groups in total. The number of phenols is 2. The van der Waals surface area contributed by atoms with E-state index in [4.69, 9.17) is 0 Å². The van der Waals surface area contributed by atoms with Gasteiger partial charge in [0.2, 0.25) is 0 Å². The van der Waals surface area contributed by atoms with E-state index >= 15 is 0 Å². The summed E-state index contributed by atoms with van der Waals surface area (Å²) in [6, 6.07) is 2.03. The van der Waals surface area contributed by atoms with Crippen molar-refractivity contribution in [2.75, 3.05) is 7.11 Å². The molecule has 0 aliphatic rings. The SMILES string of the molecule is COC(=O)c1cc(C(C)=O)c(O)cc1O. The standard InChI is InChI=1S/C10H10O5/c1-5(11)6-3-7(10(14)15-2)9(13)4-8(6)12/h3-4,12-13H,1-2H3. The average molecular weight is 210 g/mol. The molecule has 0 spiro atoms. The summed E-state index contributed by atoms with van der Waals surface area (Å²) >= 11 is 0. The second-order valence-electron chi connectivity index (χ2n) is 2.93. The van der Waals surface area contributed by atoms with Crippen LogP contribution in [0.15, 0.2) is 12.1 Å². The van der Waals surface area contributed by atoms with Crippen LogP contribution < -0.4 is 0 Å². The molecule has 0 unspecified atom stereocenters. The molecule has 0 radical (unpaired) electrons. The van der Waals surface area contributed by atoms with Crippen molar-refractivity contribution < 1.29 is 24.5 Å². The van der Waals surface area contributed by atoms with Gasteiger partial charge in [0, 0.05) is 6.07 Å².